The predicted octanol–water partition coefficient (Wildman–Crippen LogP) is 2.73. The van der Waals surface area contributed by atoms with Gasteiger partial charge in [0, 0.05) is 32.0 Å². The lowest BCUT2D eigenvalue weighted by molar-refractivity contribution is -0.0432. The molecule has 2 aromatic rings. The van der Waals surface area contributed by atoms with Gasteiger partial charge in [-0.15, -0.1) is 0 Å². The van der Waals surface area contributed by atoms with Gasteiger partial charge in [0.05, 0.1) is 31.9 Å². The average Bonchev–Trinajstić information content (AvgIpc) is 2.99. The van der Waals surface area contributed by atoms with E-state index in [0.717, 1.165) is 0 Å². The van der Waals surface area contributed by atoms with Crippen LogP contribution in [0.4, 0.5) is 10.5 Å². The van der Waals surface area contributed by atoms with Crippen LogP contribution in [0.5, 0.6) is 28.7 Å². The molecule has 0 bridgehead atoms. The number of rotatable bonds is 6. The van der Waals surface area contributed by atoms with Crippen LogP contribution in [0.1, 0.15) is 13.8 Å². The average molecular weight is 438 g/mol. The molecule has 0 saturated heterocycles. The van der Waals surface area contributed by atoms with E-state index in [1.54, 1.807) is 13.8 Å². The molecule has 0 aromatic heterocycles. The van der Waals surface area contributed by atoms with Crippen LogP contribution in [0.25, 0.3) is 0 Å². The predicted molar refractivity (Wildman–Crippen MR) is 107 cm³/mol. The van der Waals surface area contributed by atoms with Gasteiger partial charge in [-0.3, -0.25) is 0 Å². The molecule has 0 unspecified atom stereocenters. The summed E-state index contributed by atoms with van der Waals surface area (Å²) in [5, 5.41) is 2.43. The highest BCUT2D eigenvalue weighted by Gasteiger charge is 2.33. The number of ether oxygens (including phenoxy) is 5. The molecule has 0 saturated carbocycles. The number of hydrogen-bond donors (Lipinski definition) is 2. The quantitative estimate of drug-likeness (QED) is 0.706. The molecule has 0 fully saturated rings. The summed E-state index contributed by atoms with van der Waals surface area (Å²) in [6.07, 6.45) is 0. The van der Waals surface area contributed by atoms with E-state index >= 15 is 0 Å². The van der Waals surface area contributed by atoms with Crippen molar-refractivity contribution in [3.8, 4) is 28.7 Å². The number of sulfonamides is 1. The van der Waals surface area contributed by atoms with Crippen molar-refractivity contribution in [3.63, 3.8) is 0 Å². The lowest BCUT2D eigenvalue weighted by Gasteiger charge is -2.16. The third-order valence-electron chi connectivity index (χ3n) is 4.09. The molecule has 2 N–H and O–H groups in total. The molecule has 0 atom stereocenters. The first-order chi connectivity index (χ1) is 14.1. The molecule has 1 aliphatic rings. The fourth-order valence-electron chi connectivity index (χ4n) is 2.86. The third-order valence-corrected chi connectivity index (χ3v) is 5.42. The van der Waals surface area contributed by atoms with Crippen LogP contribution in [-0.2, 0) is 10.0 Å². The van der Waals surface area contributed by atoms with Gasteiger partial charge in [-0.05, 0) is 12.1 Å². The number of carbonyl (C=O) groups is 1. The highest BCUT2D eigenvalue weighted by Crippen LogP contribution is 2.41. The van der Waals surface area contributed by atoms with Gasteiger partial charge in [0.2, 0.25) is 11.5 Å². The van der Waals surface area contributed by atoms with E-state index in [0.29, 0.717) is 23.0 Å². The van der Waals surface area contributed by atoms with Crippen molar-refractivity contribution < 1.29 is 36.9 Å². The number of nitrogens with one attached hydrogen (secondary N) is 2. The number of fused-ring (bicyclic) bond motifs is 1. The lowest BCUT2D eigenvalue weighted by atomic mass is 10.2. The summed E-state index contributed by atoms with van der Waals surface area (Å²) >= 11 is 0. The number of benzene rings is 2. The smallest absolute Gasteiger partial charge is 0.333 e. The highest BCUT2D eigenvalue weighted by molar-refractivity contribution is 7.90. The molecule has 0 radical (unpaired) electrons. The molecule has 30 heavy (non-hydrogen) atoms. The minimum atomic E-state index is -4.17. The summed E-state index contributed by atoms with van der Waals surface area (Å²) in [7, 11) is 0.123. The van der Waals surface area contributed by atoms with E-state index in [1.165, 1.54) is 51.7 Å². The number of urea groups is 1. The molecule has 1 aliphatic heterocycles. The monoisotopic (exact) mass is 438 g/mol. The minimum absolute atomic E-state index is 0.150. The molecule has 0 spiro atoms. The topological polar surface area (TPSA) is 121 Å². The van der Waals surface area contributed by atoms with Crippen molar-refractivity contribution in [2.24, 2.45) is 0 Å². The Hall–Kier alpha value is -3.34. The van der Waals surface area contributed by atoms with E-state index in [2.05, 4.69) is 5.32 Å². The molecular weight excluding hydrogens is 416 g/mol. The molecule has 3 rings (SSSR count). The maximum Gasteiger partial charge on any atom is 0.333 e. The van der Waals surface area contributed by atoms with Crippen molar-refractivity contribution in [1.29, 1.82) is 0 Å². The zero-order chi connectivity index (χ0) is 22.1. The summed E-state index contributed by atoms with van der Waals surface area (Å²) in [5.41, 5.74) is 0.240. The molecule has 11 heteroatoms. The second-order valence-corrected chi connectivity index (χ2v) is 8.37. The summed E-state index contributed by atoms with van der Waals surface area (Å²) < 4.78 is 53.9. The standard InChI is InChI=1S/C19H22N2O8S/c1-19(2)28-13-7-6-12(10-14(13)29-19)30(23,24)21-18(22)20-11-8-15(25-3)17(27-5)16(9-11)26-4/h6-10H,1-5H3,(H2,20,21,22). The largest absolute Gasteiger partial charge is 0.493 e. The first-order valence-electron chi connectivity index (χ1n) is 8.74. The number of hydrogen-bond acceptors (Lipinski definition) is 8. The maximum absolute atomic E-state index is 12.6. The Morgan fingerprint density at radius 2 is 1.53 bits per heavy atom. The Labute approximate surface area is 174 Å². The van der Waals surface area contributed by atoms with Crippen molar-refractivity contribution >= 4 is 21.7 Å². The molecule has 2 aromatic carbocycles. The summed E-state index contributed by atoms with van der Waals surface area (Å²) in [6, 6.07) is 6.04. The zero-order valence-corrected chi connectivity index (χ0v) is 17.9. The van der Waals surface area contributed by atoms with E-state index in [-0.39, 0.29) is 16.3 Å². The Morgan fingerprint density at radius 3 is 2.10 bits per heavy atom. The Morgan fingerprint density at radius 1 is 0.933 bits per heavy atom. The van der Waals surface area contributed by atoms with Crippen molar-refractivity contribution in [2.45, 2.75) is 24.5 Å². The van der Waals surface area contributed by atoms with E-state index in [9.17, 15) is 13.2 Å². The second-order valence-electron chi connectivity index (χ2n) is 6.69. The Balaban J connectivity index is 1.78. The van der Waals surface area contributed by atoms with Gasteiger partial charge >= 0.3 is 6.03 Å². The number of methoxy groups -OCH3 is 3. The van der Waals surface area contributed by atoms with Crippen molar-refractivity contribution in [1.82, 2.24) is 4.72 Å². The number of amides is 2. The second kappa shape index (κ2) is 7.82. The van der Waals surface area contributed by atoms with E-state index in [4.69, 9.17) is 23.7 Å². The van der Waals surface area contributed by atoms with Crippen molar-refractivity contribution in [3.05, 3.63) is 30.3 Å². The third kappa shape index (κ3) is 4.30. The summed E-state index contributed by atoms with van der Waals surface area (Å²) in [4.78, 5) is 12.2. The van der Waals surface area contributed by atoms with Gasteiger partial charge in [0.25, 0.3) is 10.0 Å². The van der Waals surface area contributed by atoms with Gasteiger partial charge < -0.3 is 29.0 Å². The number of carbonyl (C=O) groups excluding carboxylic acids is 1. The molecular formula is C19H22N2O8S. The van der Waals surface area contributed by atoms with Crippen LogP contribution in [-0.4, -0.2) is 41.6 Å². The van der Waals surface area contributed by atoms with Gasteiger partial charge in [0.15, 0.2) is 23.0 Å². The molecule has 162 valence electrons. The molecule has 1 heterocycles. The fourth-order valence-corrected chi connectivity index (χ4v) is 3.78. The lowest BCUT2D eigenvalue weighted by Crippen LogP contribution is -2.34. The normalized spacial score (nSPS) is 14.0. The van der Waals surface area contributed by atoms with Crippen LogP contribution in [0, 0.1) is 0 Å². The van der Waals surface area contributed by atoms with Crippen LogP contribution >= 0.6 is 0 Å². The minimum Gasteiger partial charge on any atom is -0.493 e. The van der Waals surface area contributed by atoms with E-state index < -0.39 is 21.8 Å². The van der Waals surface area contributed by atoms with Gasteiger partial charge in [-0.2, -0.15) is 0 Å². The Bertz CT molecular complexity index is 1060. The van der Waals surface area contributed by atoms with Gasteiger partial charge in [-0.25, -0.2) is 17.9 Å². The molecule has 0 aliphatic carbocycles. The zero-order valence-electron chi connectivity index (χ0n) is 17.1. The summed E-state index contributed by atoms with van der Waals surface area (Å²) in [6.45, 7) is 3.40. The van der Waals surface area contributed by atoms with Crippen molar-refractivity contribution in [2.75, 3.05) is 26.6 Å². The van der Waals surface area contributed by atoms with Crippen LogP contribution in [0.2, 0.25) is 0 Å². The van der Waals surface area contributed by atoms with Crippen LogP contribution in [0.15, 0.2) is 35.2 Å². The van der Waals surface area contributed by atoms with Crippen LogP contribution in [0.3, 0.4) is 0 Å². The fraction of sp³-hybridized carbons (Fsp3) is 0.316. The van der Waals surface area contributed by atoms with Gasteiger partial charge in [-0.1, -0.05) is 0 Å². The maximum atomic E-state index is 12.6. The molecule has 10 nitrogen and oxygen atoms in total. The highest BCUT2D eigenvalue weighted by atomic mass is 32.2. The Kier molecular flexibility index (Phi) is 5.57. The van der Waals surface area contributed by atoms with Crippen LogP contribution < -0.4 is 33.7 Å². The SMILES string of the molecule is COc1cc(NC(=O)NS(=O)(=O)c2ccc3c(c2)OC(C)(C)O3)cc(OC)c1OC. The first kappa shape index (κ1) is 21.4. The first-order valence-corrected chi connectivity index (χ1v) is 10.2. The summed E-state index contributed by atoms with van der Waals surface area (Å²) in [5.74, 6) is 0.722. The van der Waals surface area contributed by atoms with Gasteiger partial charge in [0.1, 0.15) is 0 Å². The molecule has 2 amide bonds. The number of anilines is 1. The van der Waals surface area contributed by atoms with E-state index in [1.807, 2.05) is 4.72 Å².